The highest BCUT2D eigenvalue weighted by Gasteiger charge is 2.43. The van der Waals surface area contributed by atoms with Crippen molar-refractivity contribution >= 4 is 29.1 Å². The number of benzene rings is 1. The minimum absolute atomic E-state index is 0.221. The third kappa shape index (κ3) is 3.54. The molecule has 3 aromatic rings. The lowest BCUT2D eigenvalue weighted by Gasteiger charge is -2.28. The maximum absolute atomic E-state index is 13.0. The highest BCUT2D eigenvalue weighted by molar-refractivity contribution is 7.13. The number of imidazole rings is 1. The molecule has 1 unspecified atom stereocenters. The van der Waals surface area contributed by atoms with Crippen LogP contribution in [0.5, 0.6) is 0 Å². The molecule has 0 spiro atoms. The maximum Gasteiger partial charge on any atom is 0.262 e. The van der Waals surface area contributed by atoms with Gasteiger partial charge in [-0.25, -0.2) is 4.98 Å². The Morgan fingerprint density at radius 1 is 1.13 bits per heavy atom. The van der Waals surface area contributed by atoms with Gasteiger partial charge in [0.15, 0.2) is 0 Å². The largest absolute Gasteiger partial charge is 0.354 e. The smallest absolute Gasteiger partial charge is 0.262 e. The number of aromatic nitrogens is 2. The predicted molar refractivity (Wildman–Crippen MR) is 114 cm³/mol. The fourth-order valence-corrected chi connectivity index (χ4v) is 4.48. The first kappa shape index (κ1) is 20.0. The second kappa shape index (κ2) is 8.23. The molecule has 1 aliphatic rings. The molecule has 0 radical (unpaired) electrons. The third-order valence-corrected chi connectivity index (χ3v) is 6.03. The van der Waals surface area contributed by atoms with E-state index in [2.05, 4.69) is 15.3 Å². The number of aromatic amines is 1. The summed E-state index contributed by atoms with van der Waals surface area (Å²) in [5, 5.41) is 4.88. The van der Waals surface area contributed by atoms with E-state index in [1.165, 1.54) is 0 Å². The Labute approximate surface area is 178 Å². The van der Waals surface area contributed by atoms with Gasteiger partial charge in [-0.05, 0) is 29.5 Å². The van der Waals surface area contributed by atoms with Crippen LogP contribution in [-0.4, -0.2) is 45.2 Å². The highest BCUT2D eigenvalue weighted by atomic mass is 32.1. The number of rotatable bonds is 7. The molecular weight excluding hydrogens is 400 g/mol. The zero-order chi connectivity index (χ0) is 21.3. The Balaban J connectivity index is 1.45. The van der Waals surface area contributed by atoms with Crippen LogP contribution < -0.4 is 5.32 Å². The molecule has 7 nitrogen and oxygen atoms in total. The fraction of sp³-hybridized carbons (Fsp3) is 0.273. The lowest BCUT2D eigenvalue weighted by atomic mass is 10.0. The summed E-state index contributed by atoms with van der Waals surface area (Å²) in [6.07, 6.45) is 2.20. The van der Waals surface area contributed by atoms with Crippen molar-refractivity contribution in [2.75, 3.05) is 6.54 Å². The second-order valence-corrected chi connectivity index (χ2v) is 8.41. The number of carbonyl (C=O) groups is 3. The molecule has 1 atom stereocenters. The van der Waals surface area contributed by atoms with Gasteiger partial charge in [0.05, 0.1) is 22.3 Å². The number of hydrogen-bond donors (Lipinski definition) is 2. The SMILES string of the molecule is CC(C)C(C(=O)NCCc1[nH]cnc1-c1cccs1)N1C(=O)c2ccccc2C1=O. The quantitative estimate of drug-likeness (QED) is 0.572. The Kier molecular flexibility index (Phi) is 5.50. The van der Waals surface area contributed by atoms with E-state index in [4.69, 9.17) is 0 Å². The zero-order valence-corrected chi connectivity index (χ0v) is 17.5. The summed E-state index contributed by atoms with van der Waals surface area (Å²) in [6, 6.07) is 9.78. The van der Waals surface area contributed by atoms with E-state index in [1.807, 2.05) is 31.4 Å². The van der Waals surface area contributed by atoms with E-state index < -0.39 is 17.9 Å². The van der Waals surface area contributed by atoms with Crippen molar-refractivity contribution in [2.24, 2.45) is 5.92 Å². The van der Waals surface area contributed by atoms with E-state index in [-0.39, 0.29) is 11.8 Å². The monoisotopic (exact) mass is 422 g/mol. The molecule has 3 heterocycles. The predicted octanol–water partition coefficient (Wildman–Crippen LogP) is 3.12. The standard InChI is InChI=1S/C22H22N4O3S/c1-13(2)19(26-21(28)14-6-3-4-7-15(14)22(26)29)20(27)23-10-9-16-18(25-12-24-16)17-8-5-11-30-17/h3-8,11-13,19H,9-10H2,1-2H3,(H,23,27)(H,24,25). The molecule has 0 saturated carbocycles. The maximum atomic E-state index is 13.0. The minimum Gasteiger partial charge on any atom is -0.354 e. The van der Waals surface area contributed by atoms with Gasteiger partial charge in [-0.15, -0.1) is 11.3 Å². The van der Waals surface area contributed by atoms with Crippen LogP contribution in [0.3, 0.4) is 0 Å². The van der Waals surface area contributed by atoms with Gasteiger partial charge in [-0.1, -0.05) is 32.0 Å². The number of imide groups is 1. The molecule has 2 aromatic heterocycles. The van der Waals surface area contributed by atoms with Gasteiger partial charge >= 0.3 is 0 Å². The van der Waals surface area contributed by atoms with Crippen molar-refractivity contribution in [1.82, 2.24) is 20.2 Å². The van der Waals surface area contributed by atoms with Crippen LogP contribution in [0.2, 0.25) is 0 Å². The van der Waals surface area contributed by atoms with Gasteiger partial charge in [-0.2, -0.15) is 0 Å². The Hall–Kier alpha value is -3.26. The van der Waals surface area contributed by atoms with Gasteiger partial charge in [0.1, 0.15) is 11.7 Å². The molecule has 2 N–H and O–H groups in total. The van der Waals surface area contributed by atoms with Gasteiger partial charge in [-0.3, -0.25) is 19.3 Å². The van der Waals surface area contributed by atoms with E-state index >= 15 is 0 Å². The van der Waals surface area contributed by atoms with Crippen molar-refractivity contribution in [3.8, 4) is 10.6 Å². The molecule has 1 aliphatic heterocycles. The first-order valence-corrected chi connectivity index (χ1v) is 10.7. The highest BCUT2D eigenvalue weighted by Crippen LogP contribution is 2.28. The molecule has 0 bridgehead atoms. The number of carbonyl (C=O) groups excluding carboxylic acids is 3. The number of fused-ring (bicyclic) bond motifs is 1. The first-order chi connectivity index (χ1) is 14.5. The van der Waals surface area contributed by atoms with E-state index in [0.29, 0.717) is 24.1 Å². The second-order valence-electron chi connectivity index (χ2n) is 7.46. The van der Waals surface area contributed by atoms with Crippen molar-refractivity contribution in [1.29, 1.82) is 0 Å². The lowest BCUT2D eigenvalue weighted by molar-refractivity contribution is -0.126. The molecule has 3 amide bonds. The third-order valence-electron chi connectivity index (χ3n) is 5.15. The molecule has 0 aliphatic carbocycles. The Morgan fingerprint density at radius 3 is 2.43 bits per heavy atom. The summed E-state index contributed by atoms with van der Waals surface area (Å²) >= 11 is 1.60. The normalized spacial score (nSPS) is 14.3. The Morgan fingerprint density at radius 2 is 1.83 bits per heavy atom. The van der Waals surface area contributed by atoms with Gasteiger partial charge in [0.25, 0.3) is 11.8 Å². The molecule has 0 fully saturated rings. The van der Waals surface area contributed by atoms with E-state index in [1.54, 1.807) is 41.9 Å². The zero-order valence-electron chi connectivity index (χ0n) is 16.7. The summed E-state index contributed by atoms with van der Waals surface area (Å²) in [4.78, 5) is 48.2. The number of amides is 3. The first-order valence-electron chi connectivity index (χ1n) is 9.79. The minimum atomic E-state index is -0.865. The fourth-order valence-electron chi connectivity index (χ4n) is 3.73. The molecule has 1 aromatic carbocycles. The van der Waals surface area contributed by atoms with Crippen molar-refractivity contribution in [2.45, 2.75) is 26.3 Å². The topological polar surface area (TPSA) is 95.2 Å². The summed E-state index contributed by atoms with van der Waals surface area (Å²) in [5.74, 6) is -1.39. The van der Waals surface area contributed by atoms with E-state index in [9.17, 15) is 14.4 Å². The Bertz CT molecular complexity index is 1050. The van der Waals surface area contributed by atoms with E-state index in [0.717, 1.165) is 21.2 Å². The summed E-state index contributed by atoms with van der Waals surface area (Å²) in [7, 11) is 0. The molecule has 0 saturated heterocycles. The van der Waals surface area contributed by atoms with Gasteiger partial charge < -0.3 is 10.3 Å². The number of nitrogens with one attached hydrogen (secondary N) is 2. The van der Waals surface area contributed by atoms with Crippen LogP contribution in [0.25, 0.3) is 10.6 Å². The van der Waals surface area contributed by atoms with Gasteiger partial charge in [0.2, 0.25) is 5.91 Å². The van der Waals surface area contributed by atoms with Crippen molar-refractivity contribution < 1.29 is 14.4 Å². The molecule has 154 valence electrons. The van der Waals surface area contributed by atoms with Gasteiger partial charge in [0, 0.05) is 18.7 Å². The van der Waals surface area contributed by atoms with Crippen LogP contribution in [0.15, 0.2) is 48.1 Å². The van der Waals surface area contributed by atoms with Crippen molar-refractivity contribution in [3.05, 3.63) is 64.9 Å². The van der Waals surface area contributed by atoms with Crippen LogP contribution in [0, 0.1) is 5.92 Å². The average molecular weight is 423 g/mol. The number of thiophene rings is 1. The lowest BCUT2D eigenvalue weighted by Crippen LogP contribution is -2.52. The van der Waals surface area contributed by atoms with Crippen LogP contribution in [-0.2, 0) is 11.2 Å². The molecule has 4 rings (SSSR count). The summed E-state index contributed by atoms with van der Waals surface area (Å²) in [6.45, 7) is 4.03. The van der Waals surface area contributed by atoms with Crippen molar-refractivity contribution in [3.63, 3.8) is 0 Å². The summed E-state index contributed by atoms with van der Waals surface area (Å²) < 4.78 is 0. The number of H-pyrrole nitrogens is 1. The molecule has 30 heavy (non-hydrogen) atoms. The molecular formula is C22H22N4O3S. The molecule has 8 heteroatoms. The van der Waals surface area contributed by atoms with Crippen LogP contribution in [0.1, 0.15) is 40.3 Å². The number of nitrogens with zero attached hydrogens (tertiary/aromatic N) is 2. The van der Waals surface area contributed by atoms with Crippen LogP contribution in [0.4, 0.5) is 0 Å². The van der Waals surface area contributed by atoms with Crippen LogP contribution >= 0.6 is 11.3 Å². The summed E-state index contributed by atoms with van der Waals surface area (Å²) in [5.41, 5.74) is 2.50. The average Bonchev–Trinajstić information content (AvgIpc) is 3.45. The number of hydrogen-bond acceptors (Lipinski definition) is 5.